The molecule has 0 spiro atoms. The van der Waals surface area contributed by atoms with Gasteiger partial charge < -0.3 is 4.90 Å². The lowest BCUT2D eigenvalue weighted by molar-refractivity contribution is 0.258. The standard InChI is InChI=1S/C18H20ClN.ClH/c1-20(2)14-11-13-7-3-4-8-15(13)17(12-14)16-9-5-6-10-18(16)19;/h3-10,14,17H,11-12H2,1-2H3;1H/t14-,17+;/m1./s1. The van der Waals surface area contributed by atoms with Gasteiger partial charge in [-0.2, -0.15) is 0 Å². The highest BCUT2D eigenvalue weighted by Crippen LogP contribution is 2.40. The van der Waals surface area contributed by atoms with Crippen molar-refractivity contribution in [2.75, 3.05) is 14.1 Å². The van der Waals surface area contributed by atoms with Gasteiger partial charge in [-0.3, -0.25) is 0 Å². The van der Waals surface area contributed by atoms with Crippen LogP contribution in [0, 0.1) is 0 Å². The van der Waals surface area contributed by atoms with Gasteiger partial charge in [-0.15, -0.1) is 12.4 Å². The highest BCUT2D eigenvalue weighted by Gasteiger charge is 2.29. The fourth-order valence-corrected chi connectivity index (χ4v) is 3.51. The maximum Gasteiger partial charge on any atom is 0.0444 e. The van der Waals surface area contributed by atoms with E-state index in [0.29, 0.717) is 12.0 Å². The average molecular weight is 322 g/mol. The van der Waals surface area contributed by atoms with Gasteiger partial charge in [-0.05, 0) is 49.7 Å². The van der Waals surface area contributed by atoms with Crippen molar-refractivity contribution in [1.29, 1.82) is 0 Å². The molecule has 2 atom stereocenters. The second-order valence-electron chi connectivity index (χ2n) is 5.83. The monoisotopic (exact) mass is 321 g/mol. The highest BCUT2D eigenvalue weighted by atomic mass is 35.5. The Labute approximate surface area is 138 Å². The molecule has 3 rings (SSSR count). The molecule has 3 heteroatoms. The zero-order chi connectivity index (χ0) is 14.1. The molecule has 0 saturated heterocycles. The van der Waals surface area contributed by atoms with Crippen LogP contribution in [0.3, 0.4) is 0 Å². The van der Waals surface area contributed by atoms with E-state index in [4.69, 9.17) is 11.6 Å². The SMILES string of the molecule is CN(C)[C@@H]1Cc2ccccc2[C@@H](c2ccccc2Cl)C1.Cl. The van der Waals surface area contributed by atoms with Crippen LogP contribution in [0.4, 0.5) is 0 Å². The van der Waals surface area contributed by atoms with E-state index in [9.17, 15) is 0 Å². The topological polar surface area (TPSA) is 3.24 Å². The smallest absolute Gasteiger partial charge is 0.0444 e. The van der Waals surface area contributed by atoms with Crippen LogP contribution in [-0.2, 0) is 6.42 Å². The number of halogens is 2. The lowest BCUT2D eigenvalue weighted by Crippen LogP contribution is -2.35. The highest BCUT2D eigenvalue weighted by molar-refractivity contribution is 6.31. The fourth-order valence-electron chi connectivity index (χ4n) is 3.24. The second-order valence-corrected chi connectivity index (χ2v) is 6.24. The van der Waals surface area contributed by atoms with Gasteiger partial charge in [0.1, 0.15) is 0 Å². The summed E-state index contributed by atoms with van der Waals surface area (Å²) in [6, 6.07) is 17.6. The van der Waals surface area contributed by atoms with Gasteiger partial charge in [0.05, 0.1) is 0 Å². The normalized spacial score (nSPS) is 20.8. The van der Waals surface area contributed by atoms with Crippen molar-refractivity contribution in [1.82, 2.24) is 4.90 Å². The maximum atomic E-state index is 6.44. The molecule has 21 heavy (non-hydrogen) atoms. The minimum absolute atomic E-state index is 0. The van der Waals surface area contributed by atoms with E-state index in [1.165, 1.54) is 16.7 Å². The van der Waals surface area contributed by atoms with Crippen molar-refractivity contribution in [2.24, 2.45) is 0 Å². The van der Waals surface area contributed by atoms with E-state index in [-0.39, 0.29) is 12.4 Å². The number of nitrogens with zero attached hydrogens (tertiary/aromatic N) is 1. The lowest BCUT2D eigenvalue weighted by Gasteiger charge is -2.35. The van der Waals surface area contributed by atoms with Crippen LogP contribution in [0.2, 0.25) is 5.02 Å². The molecule has 2 aromatic rings. The summed E-state index contributed by atoms with van der Waals surface area (Å²) < 4.78 is 0. The molecule has 0 radical (unpaired) electrons. The Bertz CT molecular complexity index is 610. The van der Waals surface area contributed by atoms with E-state index in [1.54, 1.807) is 0 Å². The number of fused-ring (bicyclic) bond motifs is 1. The van der Waals surface area contributed by atoms with Crippen molar-refractivity contribution < 1.29 is 0 Å². The van der Waals surface area contributed by atoms with Gasteiger partial charge in [-0.1, -0.05) is 54.1 Å². The van der Waals surface area contributed by atoms with Crippen LogP contribution < -0.4 is 0 Å². The van der Waals surface area contributed by atoms with Gasteiger partial charge in [-0.25, -0.2) is 0 Å². The molecule has 0 heterocycles. The Morgan fingerprint density at radius 3 is 2.24 bits per heavy atom. The van der Waals surface area contributed by atoms with Crippen LogP contribution in [0.15, 0.2) is 48.5 Å². The Morgan fingerprint density at radius 1 is 0.952 bits per heavy atom. The van der Waals surface area contributed by atoms with Crippen LogP contribution in [0.5, 0.6) is 0 Å². The number of rotatable bonds is 2. The minimum Gasteiger partial charge on any atom is -0.306 e. The van der Waals surface area contributed by atoms with Crippen LogP contribution in [-0.4, -0.2) is 25.0 Å². The van der Waals surface area contributed by atoms with Crippen molar-refractivity contribution in [3.05, 3.63) is 70.2 Å². The van der Waals surface area contributed by atoms with E-state index in [2.05, 4.69) is 55.4 Å². The van der Waals surface area contributed by atoms with Crippen LogP contribution in [0.25, 0.3) is 0 Å². The molecular weight excluding hydrogens is 301 g/mol. The molecule has 0 unspecified atom stereocenters. The van der Waals surface area contributed by atoms with E-state index >= 15 is 0 Å². The number of hydrogen-bond acceptors (Lipinski definition) is 1. The number of hydrogen-bond donors (Lipinski definition) is 0. The van der Waals surface area contributed by atoms with Crippen molar-refractivity contribution >= 4 is 24.0 Å². The maximum absolute atomic E-state index is 6.44. The molecule has 0 N–H and O–H groups in total. The predicted molar refractivity (Wildman–Crippen MR) is 92.8 cm³/mol. The van der Waals surface area contributed by atoms with Gasteiger partial charge in [0, 0.05) is 17.0 Å². The Balaban J connectivity index is 0.00000161. The molecule has 0 bridgehead atoms. The molecule has 2 aromatic carbocycles. The molecule has 0 fully saturated rings. The summed E-state index contributed by atoms with van der Waals surface area (Å²) in [6.07, 6.45) is 2.26. The molecule has 112 valence electrons. The zero-order valence-electron chi connectivity index (χ0n) is 12.4. The molecular formula is C18H21Cl2N. The molecule has 0 aliphatic heterocycles. The summed E-state index contributed by atoms with van der Waals surface area (Å²) in [5.41, 5.74) is 4.16. The molecule has 0 saturated carbocycles. The Morgan fingerprint density at radius 2 is 1.57 bits per heavy atom. The minimum atomic E-state index is 0. The van der Waals surface area contributed by atoms with E-state index < -0.39 is 0 Å². The summed E-state index contributed by atoms with van der Waals surface area (Å²) in [7, 11) is 4.34. The largest absolute Gasteiger partial charge is 0.306 e. The first-order valence-corrected chi connectivity index (χ1v) is 7.53. The summed E-state index contributed by atoms with van der Waals surface area (Å²) >= 11 is 6.44. The Kier molecular flexibility index (Phi) is 5.32. The summed E-state index contributed by atoms with van der Waals surface area (Å²) in [6.45, 7) is 0. The van der Waals surface area contributed by atoms with Gasteiger partial charge in [0.2, 0.25) is 0 Å². The van der Waals surface area contributed by atoms with Gasteiger partial charge in [0.15, 0.2) is 0 Å². The van der Waals surface area contributed by atoms with Gasteiger partial charge in [0.25, 0.3) is 0 Å². The first kappa shape index (κ1) is 16.4. The third-order valence-corrected chi connectivity index (χ3v) is 4.75. The van der Waals surface area contributed by atoms with Crippen molar-refractivity contribution in [3.63, 3.8) is 0 Å². The van der Waals surface area contributed by atoms with E-state index in [0.717, 1.165) is 17.9 Å². The Hall–Kier alpha value is -1.02. The third-order valence-electron chi connectivity index (χ3n) is 4.40. The van der Waals surface area contributed by atoms with Crippen LogP contribution >= 0.6 is 24.0 Å². The first-order chi connectivity index (χ1) is 9.66. The van der Waals surface area contributed by atoms with Crippen molar-refractivity contribution in [3.8, 4) is 0 Å². The number of benzene rings is 2. The molecule has 1 nitrogen and oxygen atoms in total. The zero-order valence-corrected chi connectivity index (χ0v) is 14.0. The third kappa shape index (κ3) is 3.26. The van der Waals surface area contributed by atoms with Gasteiger partial charge >= 0.3 is 0 Å². The molecule has 0 amide bonds. The van der Waals surface area contributed by atoms with E-state index in [1.807, 2.05) is 12.1 Å². The predicted octanol–water partition coefficient (Wildman–Crippen LogP) is 4.77. The summed E-state index contributed by atoms with van der Waals surface area (Å²) in [5, 5.41) is 0.881. The van der Waals surface area contributed by atoms with Crippen LogP contribution in [0.1, 0.15) is 29.0 Å². The molecule has 1 aliphatic rings. The average Bonchev–Trinajstić information content (AvgIpc) is 2.46. The quantitative estimate of drug-likeness (QED) is 0.770. The summed E-state index contributed by atoms with van der Waals surface area (Å²) in [4.78, 5) is 2.33. The first-order valence-electron chi connectivity index (χ1n) is 7.15. The fraction of sp³-hybridized carbons (Fsp3) is 0.333. The lowest BCUT2D eigenvalue weighted by atomic mass is 9.76. The van der Waals surface area contributed by atoms with Crippen molar-refractivity contribution in [2.45, 2.75) is 24.8 Å². The summed E-state index contributed by atoms with van der Waals surface area (Å²) in [5.74, 6) is 0.404. The molecule has 1 aliphatic carbocycles. The molecule has 0 aromatic heterocycles. The second kappa shape index (κ2) is 6.83. The number of likely N-dealkylation sites (N-methyl/N-ethyl adjacent to an activating group) is 1.